The van der Waals surface area contributed by atoms with Crippen molar-refractivity contribution in [3.63, 3.8) is 0 Å². The third kappa shape index (κ3) is 4.03. The van der Waals surface area contributed by atoms with E-state index in [0.717, 1.165) is 5.56 Å². The zero-order valence-electron chi connectivity index (χ0n) is 11.8. The van der Waals surface area contributed by atoms with Gasteiger partial charge < -0.3 is 15.0 Å². The minimum atomic E-state index is -0.691. The van der Waals surface area contributed by atoms with Crippen LogP contribution in [0.4, 0.5) is 0 Å². The summed E-state index contributed by atoms with van der Waals surface area (Å²) in [4.78, 5) is 23.7. The Kier molecular flexibility index (Phi) is 4.90. The van der Waals surface area contributed by atoms with Gasteiger partial charge in [0.2, 0.25) is 0 Å². The van der Waals surface area contributed by atoms with Crippen LogP contribution >= 0.6 is 0 Å². The number of benzene rings is 1. The van der Waals surface area contributed by atoms with E-state index in [0.29, 0.717) is 6.42 Å². The van der Waals surface area contributed by atoms with Crippen LogP contribution in [-0.2, 0) is 13.5 Å². The fourth-order valence-corrected chi connectivity index (χ4v) is 2.03. The minimum absolute atomic E-state index is 0.0758. The predicted octanol–water partition coefficient (Wildman–Crippen LogP) is 0.719. The van der Waals surface area contributed by atoms with Crippen molar-refractivity contribution in [2.75, 3.05) is 6.54 Å². The van der Waals surface area contributed by atoms with Gasteiger partial charge in [0, 0.05) is 26.2 Å². The molecule has 0 aliphatic heterocycles. The lowest BCUT2D eigenvalue weighted by molar-refractivity contribution is 0.0914. The molecule has 0 aliphatic carbocycles. The smallest absolute Gasteiger partial charge is 0.263 e. The molecule has 21 heavy (non-hydrogen) atoms. The van der Waals surface area contributed by atoms with Gasteiger partial charge in [0.05, 0.1) is 6.10 Å². The van der Waals surface area contributed by atoms with Crippen LogP contribution in [0.15, 0.2) is 53.5 Å². The Morgan fingerprint density at radius 3 is 2.67 bits per heavy atom. The second-order valence-corrected chi connectivity index (χ2v) is 4.89. The highest BCUT2D eigenvalue weighted by molar-refractivity contribution is 5.93. The number of hydrogen-bond donors (Lipinski definition) is 2. The maximum atomic E-state index is 11.9. The maximum absolute atomic E-state index is 11.9. The lowest BCUT2D eigenvalue weighted by Crippen LogP contribution is -2.36. The molecule has 110 valence electrons. The third-order valence-corrected chi connectivity index (χ3v) is 3.18. The standard InChI is InChI=1S/C16H18N2O3/c1-18-9-5-8-14(16(18)21)15(20)17-11-13(19)10-12-6-3-2-4-7-12/h2-9,13,19H,10-11H2,1H3,(H,17,20)/t13-/m1/s1. The lowest BCUT2D eigenvalue weighted by Gasteiger charge is -2.12. The highest BCUT2D eigenvalue weighted by Gasteiger charge is 2.13. The molecule has 0 unspecified atom stereocenters. The molecule has 5 heteroatoms. The van der Waals surface area contributed by atoms with Gasteiger partial charge in [-0.15, -0.1) is 0 Å². The molecule has 0 fully saturated rings. The number of rotatable bonds is 5. The van der Waals surface area contributed by atoms with Crippen LogP contribution in [0.5, 0.6) is 0 Å². The highest BCUT2D eigenvalue weighted by atomic mass is 16.3. The van der Waals surface area contributed by atoms with E-state index in [9.17, 15) is 14.7 Å². The van der Waals surface area contributed by atoms with E-state index in [4.69, 9.17) is 0 Å². The lowest BCUT2D eigenvalue weighted by atomic mass is 10.1. The number of amides is 1. The van der Waals surface area contributed by atoms with Gasteiger partial charge in [-0.25, -0.2) is 0 Å². The first kappa shape index (κ1) is 15.0. The van der Waals surface area contributed by atoms with E-state index in [-0.39, 0.29) is 17.7 Å². The largest absolute Gasteiger partial charge is 0.391 e. The van der Waals surface area contributed by atoms with E-state index in [1.54, 1.807) is 19.3 Å². The molecule has 0 aliphatic rings. The van der Waals surface area contributed by atoms with Crippen molar-refractivity contribution in [2.45, 2.75) is 12.5 Å². The number of nitrogens with zero attached hydrogens (tertiary/aromatic N) is 1. The number of carbonyl (C=O) groups is 1. The molecular formula is C16H18N2O3. The molecule has 1 aromatic heterocycles. The van der Waals surface area contributed by atoms with Gasteiger partial charge in [-0.3, -0.25) is 9.59 Å². The summed E-state index contributed by atoms with van der Waals surface area (Å²) < 4.78 is 1.34. The predicted molar refractivity (Wildman–Crippen MR) is 80.2 cm³/mol. The van der Waals surface area contributed by atoms with Crippen molar-refractivity contribution < 1.29 is 9.90 Å². The second kappa shape index (κ2) is 6.85. The molecular weight excluding hydrogens is 268 g/mol. The first-order valence-corrected chi connectivity index (χ1v) is 6.74. The van der Waals surface area contributed by atoms with E-state index in [2.05, 4.69) is 5.32 Å². The Morgan fingerprint density at radius 1 is 1.24 bits per heavy atom. The van der Waals surface area contributed by atoms with Crippen molar-refractivity contribution in [3.8, 4) is 0 Å². The average molecular weight is 286 g/mol. The number of nitrogens with one attached hydrogen (secondary N) is 1. The molecule has 2 aromatic rings. The number of aliphatic hydroxyl groups excluding tert-OH is 1. The molecule has 1 atom stereocenters. The van der Waals surface area contributed by atoms with E-state index >= 15 is 0 Å². The Morgan fingerprint density at radius 2 is 1.95 bits per heavy atom. The summed E-state index contributed by atoms with van der Waals surface area (Å²) in [6, 6.07) is 12.6. The van der Waals surface area contributed by atoms with Crippen LogP contribution in [0.3, 0.4) is 0 Å². The third-order valence-electron chi connectivity index (χ3n) is 3.18. The fourth-order valence-electron chi connectivity index (χ4n) is 2.03. The van der Waals surface area contributed by atoms with E-state index < -0.39 is 12.0 Å². The van der Waals surface area contributed by atoms with Crippen LogP contribution in [-0.4, -0.2) is 28.2 Å². The Bertz CT molecular complexity index is 665. The Labute approximate surface area is 122 Å². The Hall–Kier alpha value is -2.40. The van der Waals surface area contributed by atoms with Gasteiger partial charge in [0.15, 0.2) is 0 Å². The van der Waals surface area contributed by atoms with Crippen molar-refractivity contribution in [1.82, 2.24) is 9.88 Å². The highest BCUT2D eigenvalue weighted by Crippen LogP contribution is 2.02. The molecule has 2 N–H and O–H groups in total. The van der Waals surface area contributed by atoms with Gasteiger partial charge in [-0.1, -0.05) is 30.3 Å². The van der Waals surface area contributed by atoms with Crippen molar-refractivity contribution in [3.05, 3.63) is 70.1 Å². The summed E-state index contributed by atoms with van der Waals surface area (Å²) in [6.45, 7) is 0.103. The normalized spacial score (nSPS) is 11.9. The summed E-state index contributed by atoms with van der Waals surface area (Å²) >= 11 is 0. The molecule has 5 nitrogen and oxygen atoms in total. The van der Waals surface area contributed by atoms with Crippen LogP contribution < -0.4 is 10.9 Å². The monoisotopic (exact) mass is 286 g/mol. The Balaban J connectivity index is 1.92. The first-order chi connectivity index (χ1) is 10.1. The summed E-state index contributed by atoms with van der Waals surface area (Å²) in [5.41, 5.74) is 0.717. The molecule has 1 amide bonds. The minimum Gasteiger partial charge on any atom is -0.391 e. The van der Waals surface area contributed by atoms with Gasteiger partial charge in [0.25, 0.3) is 11.5 Å². The van der Waals surface area contributed by atoms with Crippen LogP contribution in [0.25, 0.3) is 0 Å². The second-order valence-electron chi connectivity index (χ2n) is 4.89. The summed E-state index contributed by atoms with van der Waals surface area (Å²) in [5, 5.41) is 12.5. The van der Waals surface area contributed by atoms with Gasteiger partial charge >= 0.3 is 0 Å². The van der Waals surface area contributed by atoms with Crippen LogP contribution in [0.1, 0.15) is 15.9 Å². The fraction of sp³-hybridized carbons (Fsp3) is 0.250. The van der Waals surface area contributed by atoms with Gasteiger partial charge in [-0.05, 0) is 17.7 Å². The van der Waals surface area contributed by atoms with Crippen molar-refractivity contribution in [2.24, 2.45) is 7.05 Å². The first-order valence-electron chi connectivity index (χ1n) is 6.74. The van der Waals surface area contributed by atoms with Crippen molar-refractivity contribution >= 4 is 5.91 Å². The van der Waals surface area contributed by atoms with Crippen LogP contribution in [0, 0.1) is 0 Å². The number of aryl methyl sites for hydroxylation is 1. The number of aromatic nitrogens is 1. The summed E-state index contributed by atoms with van der Waals surface area (Å²) in [7, 11) is 1.59. The molecule has 0 bridgehead atoms. The average Bonchev–Trinajstić information content (AvgIpc) is 2.48. The molecule has 1 aromatic carbocycles. The topological polar surface area (TPSA) is 71.3 Å². The zero-order valence-corrected chi connectivity index (χ0v) is 11.8. The molecule has 2 rings (SSSR count). The van der Waals surface area contributed by atoms with Crippen molar-refractivity contribution in [1.29, 1.82) is 0 Å². The van der Waals surface area contributed by atoms with Gasteiger partial charge in [-0.2, -0.15) is 0 Å². The number of pyridine rings is 1. The molecule has 1 heterocycles. The van der Waals surface area contributed by atoms with E-state index in [1.165, 1.54) is 10.6 Å². The van der Waals surface area contributed by atoms with Crippen LogP contribution in [0.2, 0.25) is 0 Å². The zero-order chi connectivity index (χ0) is 15.2. The summed E-state index contributed by atoms with van der Waals surface area (Å²) in [6.07, 6.45) is 1.35. The van der Waals surface area contributed by atoms with Gasteiger partial charge in [0.1, 0.15) is 5.56 Å². The maximum Gasteiger partial charge on any atom is 0.263 e. The summed E-state index contributed by atoms with van der Waals surface area (Å²) in [5.74, 6) is -0.469. The van der Waals surface area contributed by atoms with E-state index in [1.807, 2.05) is 30.3 Å². The molecule has 0 radical (unpaired) electrons. The molecule has 0 saturated heterocycles. The molecule has 0 spiro atoms. The SMILES string of the molecule is Cn1cccc(C(=O)NC[C@H](O)Cc2ccccc2)c1=O. The quantitative estimate of drug-likeness (QED) is 0.850. The number of aliphatic hydroxyl groups is 1. The number of carbonyl (C=O) groups excluding carboxylic acids is 1. The number of hydrogen-bond acceptors (Lipinski definition) is 3. The molecule has 0 saturated carbocycles.